The molecule has 0 spiro atoms. The van der Waals surface area contributed by atoms with Crippen molar-refractivity contribution in [3.63, 3.8) is 0 Å². The summed E-state index contributed by atoms with van der Waals surface area (Å²) in [5, 5.41) is 13.7. The molecule has 1 saturated carbocycles. The second-order valence-electron chi connectivity index (χ2n) is 4.64. The maximum Gasteiger partial charge on any atom is 0.0850 e. The molecule has 1 saturated heterocycles. The number of hydrogen-bond acceptors (Lipinski definition) is 3. The summed E-state index contributed by atoms with van der Waals surface area (Å²) in [6, 6.07) is 0. The van der Waals surface area contributed by atoms with Crippen LogP contribution >= 0.6 is 0 Å². The van der Waals surface area contributed by atoms with Crippen LogP contribution in [0.3, 0.4) is 0 Å². The molecule has 0 aromatic rings. The first-order chi connectivity index (χ1) is 6.16. The highest BCUT2D eigenvalue weighted by molar-refractivity contribution is 5.07. The summed E-state index contributed by atoms with van der Waals surface area (Å²) < 4.78 is 0. The standard InChI is InChI=1S/C10H20N2O/c11-9(3-1-2-4-9)10(13)5-7-12-8-6-10/h12-13H,1-8,11H2. The van der Waals surface area contributed by atoms with Crippen LogP contribution in [0.2, 0.25) is 0 Å². The van der Waals surface area contributed by atoms with E-state index in [9.17, 15) is 5.11 Å². The molecule has 3 heteroatoms. The lowest BCUT2D eigenvalue weighted by Gasteiger charge is -2.45. The average Bonchev–Trinajstić information content (AvgIpc) is 2.55. The van der Waals surface area contributed by atoms with Crippen LogP contribution in [0.4, 0.5) is 0 Å². The van der Waals surface area contributed by atoms with Crippen molar-refractivity contribution in [2.24, 2.45) is 5.73 Å². The number of rotatable bonds is 1. The van der Waals surface area contributed by atoms with Gasteiger partial charge >= 0.3 is 0 Å². The molecule has 0 aromatic carbocycles. The van der Waals surface area contributed by atoms with Crippen molar-refractivity contribution in [1.29, 1.82) is 0 Å². The SMILES string of the molecule is NC1(C2(O)CCNCC2)CCCC1. The molecule has 2 rings (SSSR count). The lowest BCUT2D eigenvalue weighted by molar-refractivity contribution is -0.0571. The quantitative estimate of drug-likeness (QED) is 0.552. The van der Waals surface area contributed by atoms with Crippen molar-refractivity contribution in [2.45, 2.75) is 49.7 Å². The van der Waals surface area contributed by atoms with Crippen molar-refractivity contribution >= 4 is 0 Å². The third-order valence-electron chi connectivity index (χ3n) is 3.85. The van der Waals surface area contributed by atoms with E-state index in [2.05, 4.69) is 5.32 Å². The minimum atomic E-state index is -0.589. The Morgan fingerprint density at radius 2 is 1.54 bits per heavy atom. The Bertz CT molecular complexity index is 181. The van der Waals surface area contributed by atoms with E-state index in [1.807, 2.05) is 0 Å². The van der Waals surface area contributed by atoms with Gasteiger partial charge < -0.3 is 16.2 Å². The zero-order chi connectivity index (χ0) is 9.36. The molecule has 3 nitrogen and oxygen atoms in total. The summed E-state index contributed by atoms with van der Waals surface area (Å²) in [5.41, 5.74) is 5.42. The summed E-state index contributed by atoms with van der Waals surface area (Å²) in [7, 11) is 0. The third-order valence-corrected chi connectivity index (χ3v) is 3.85. The molecule has 1 aliphatic carbocycles. The monoisotopic (exact) mass is 184 g/mol. The molecule has 0 aromatic heterocycles. The summed E-state index contributed by atoms with van der Waals surface area (Å²) in [5.74, 6) is 0. The average molecular weight is 184 g/mol. The van der Waals surface area contributed by atoms with Gasteiger partial charge in [0, 0.05) is 5.54 Å². The van der Waals surface area contributed by atoms with E-state index in [-0.39, 0.29) is 5.54 Å². The topological polar surface area (TPSA) is 58.3 Å². The van der Waals surface area contributed by atoms with Gasteiger partial charge in [-0.15, -0.1) is 0 Å². The molecule has 0 amide bonds. The summed E-state index contributed by atoms with van der Waals surface area (Å²) >= 11 is 0. The van der Waals surface area contributed by atoms with E-state index in [1.165, 1.54) is 12.8 Å². The fourth-order valence-electron chi connectivity index (χ4n) is 2.81. The molecule has 1 aliphatic heterocycles. The second-order valence-corrected chi connectivity index (χ2v) is 4.64. The highest BCUT2D eigenvalue weighted by atomic mass is 16.3. The van der Waals surface area contributed by atoms with Gasteiger partial charge in [0.05, 0.1) is 5.60 Å². The van der Waals surface area contributed by atoms with E-state index in [0.29, 0.717) is 0 Å². The molecule has 76 valence electrons. The van der Waals surface area contributed by atoms with Crippen LogP contribution < -0.4 is 11.1 Å². The number of hydrogen-bond donors (Lipinski definition) is 3. The highest BCUT2D eigenvalue weighted by Gasteiger charge is 2.48. The number of nitrogens with one attached hydrogen (secondary N) is 1. The Hall–Kier alpha value is -0.120. The van der Waals surface area contributed by atoms with Crippen molar-refractivity contribution in [3.05, 3.63) is 0 Å². The summed E-state index contributed by atoms with van der Waals surface area (Å²) in [4.78, 5) is 0. The van der Waals surface area contributed by atoms with E-state index < -0.39 is 5.60 Å². The largest absolute Gasteiger partial charge is 0.388 e. The fraction of sp³-hybridized carbons (Fsp3) is 1.00. The molecule has 0 unspecified atom stereocenters. The predicted octanol–water partition coefficient (Wildman–Crippen LogP) is 0.372. The predicted molar refractivity (Wildman–Crippen MR) is 52.4 cm³/mol. The van der Waals surface area contributed by atoms with E-state index >= 15 is 0 Å². The number of piperidine rings is 1. The Morgan fingerprint density at radius 1 is 1.00 bits per heavy atom. The normalized spacial score (nSPS) is 31.8. The van der Waals surface area contributed by atoms with Crippen LogP contribution in [0.25, 0.3) is 0 Å². The molecule has 0 radical (unpaired) electrons. The second kappa shape index (κ2) is 3.23. The van der Waals surface area contributed by atoms with Crippen LogP contribution in [-0.2, 0) is 0 Å². The van der Waals surface area contributed by atoms with Crippen molar-refractivity contribution in [1.82, 2.24) is 5.32 Å². The molecular weight excluding hydrogens is 164 g/mol. The molecule has 13 heavy (non-hydrogen) atoms. The van der Waals surface area contributed by atoms with Gasteiger partial charge in [-0.3, -0.25) is 0 Å². The zero-order valence-corrected chi connectivity index (χ0v) is 8.18. The molecule has 0 bridgehead atoms. The van der Waals surface area contributed by atoms with E-state index in [0.717, 1.165) is 38.8 Å². The Labute approximate surface area is 79.7 Å². The van der Waals surface area contributed by atoms with Gasteiger partial charge in [-0.25, -0.2) is 0 Å². The Balaban J connectivity index is 2.11. The third kappa shape index (κ3) is 1.49. The Morgan fingerprint density at radius 3 is 2.08 bits per heavy atom. The first kappa shape index (κ1) is 9.44. The van der Waals surface area contributed by atoms with Gasteiger partial charge in [0.25, 0.3) is 0 Å². The minimum absolute atomic E-state index is 0.283. The van der Waals surface area contributed by atoms with Crippen LogP contribution in [0.5, 0.6) is 0 Å². The zero-order valence-electron chi connectivity index (χ0n) is 8.18. The van der Waals surface area contributed by atoms with Gasteiger partial charge in [0.1, 0.15) is 0 Å². The van der Waals surface area contributed by atoms with Gasteiger partial charge in [-0.2, -0.15) is 0 Å². The van der Waals surface area contributed by atoms with Crippen molar-refractivity contribution in [2.75, 3.05) is 13.1 Å². The number of nitrogens with two attached hydrogens (primary N) is 1. The van der Waals surface area contributed by atoms with Crippen LogP contribution in [0.15, 0.2) is 0 Å². The summed E-state index contributed by atoms with van der Waals surface area (Å²) in [6.07, 6.45) is 6.03. The molecule has 0 atom stereocenters. The maximum atomic E-state index is 10.5. The lowest BCUT2D eigenvalue weighted by Crippen LogP contribution is -2.62. The first-order valence-electron chi connectivity index (χ1n) is 5.38. The number of aliphatic hydroxyl groups is 1. The smallest absolute Gasteiger partial charge is 0.0850 e. The van der Waals surface area contributed by atoms with Crippen LogP contribution in [0.1, 0.15) is 38.5 Å². The van der Waals surface area contributed by atoms with Crippen LogP contribution in [0, 0.1) is 0 Å². The van der Waals surface area contributed by atoms with Gasteiger partial charge in [-0.1, -0.05) is 12.8 Å². The fourth-order valence-corrected chi connectivity index (χ4v) is 2.81. The van der Waals surface area contributed by atoms with Crippen molar-refractivity contribution < 1.29 is 5.11 Å². The van der Waals surface area contributed by atoms with Gasteiger partial charge in [-0.05, 0) is 38.8 Å². The van der Waals surface area contributed by atoms with E-state index in [4.69, 9.17) is 5.73 Å². The van der Waals surface area contributed by atoms with Gasteiger partial charge in [0.2, 0.25) is 0 Å². The van der Waals surface area contributed by atoms with E-state index in [1.54, 1.807) is 0 Å². The molecule has 2 aliphatic rings. The molecule has 4 N–H and O–H groups in total. The van der Waals surface area contributed by atoms with Crippen LogP contribution in [-0.4, -0.2) is 29.3 Å². The molecule has 2 fully saturated rings. The Kier molecular flexibility index (Phi) is 2.34. The maximum absolute atomic E-state index is 10.5. The molecule has 1 heterocycles. The minimum Gasteiger partial charge on any atom is -0.388 e. The van der Waals surface area contributed by atoms with Gasteiger partial charge in [0.15, 0.2) is 0 Å². The summed E-state index contributed by atoms with van der Waals surface area (Å²) in [6.45, 7) is 1.82. The molecular formula is C10H20N2O. The lowest BCUT2D eigenvalue weighted by atomic mass is 9.73. The first-order valence-corrected chi connectivity index (χ1v) is 5.38. The van der Waals surface area contributed by atoms with Crippen molar-refractivity contribution in [3.8, 4) is 0 Å². The highest BCUT2D eigenvalue weighted by Crippen LogP contribution is 2.40.